The van der Waals surface area contributed by atoms with Crippen molar-refractivity contribution < 1.29 is 19.1 Å². The molecule has 0 spiro atoms. The molecule has 0 saturated heterocycles. The molecule has 0 aliphatic heterocycles. The van der Waals surface area contributed by atoms with Gasteiger partial charge in [0.25, 0.3) is 0 Å². The molecule has 1 heterocycles. The number of carbonyl (C=O) groups is 2. The van der Waals surface area contributed by atoms with Crippen molar-refractivity contribution in [3.8, 4) is 0 Å². The van der Waals surface area contributed by atoms with Gasteiger partial charge in [-0.1, -0.05) is 42.5 Å². The van der Waals surface area contributed by atoms with E-state index in [-0.39, 0.29) is 12.2 Å². The maximum atomic E-state index is 12.6. The van der Waals surface area contributed by atoms with Gasteiger partial charge in [0, 0.05) is 21.9 Å². The van der Waals surface area contributed by atoms with Crippen LogP contribution in [0.4, 0.5) is 0 Å². The topological polar surface area (TPSA) is 67.5 Å². The first-order chi connectivity index (χ1) is 12.1. The van der Waals surface area contributed by atoms with Crippen LogP contribution in [0.2, 0.25) is 0 Å². The van der Waals surface area contributed by atoms with E-state index in [0.717, 1.165) is 10.8 Å². The number of aliphatic carboxylic acids is 1. The van der Waals surface area contributed by atoms with Crippen LogP contribution in [0.25, 0.3) is 21.9 Å². The minimum absolute atomic E-state index is 0.0423. The van der Waals surface area contributed by atoms with E-state index in [2.05, 4.69) is 0 Å². The molecule has 0 bridgehead atoms. The zero-order valence-corrected chi connectivity index (χ0v) is 13.2. The van der Waals surface area contributed by atoms with Crippen LogP contribution in [0.15, 0.2) is 71.1 Å². The van der Waals surface area contributed by atoms with Crippen molar-refractivity contribution in [1.29, 1.82) is 0 Å². The molecular formula is C21H14O4. The summed E-state index contributed by atoms with van der Waals surface area (Å²) in [5, 5.41) is 10.6. The van der Waals surface area contributed by atoms with Crippen LogP contribution < -0.4 is 0 Å². The molecule has 0 radical (unpaired) electrons. The quantitative estimate of drug-likeness (QED) is 0.562. The number of rotatable bonds is 4. The van der Waals surface area contributed by atoms with E-state index < -0.39 is 5.97 Å². The number of fused-ring (bicyclic) bond motifs is 3. The third kappa shape index (κ3) is 2.78. The molecule has 0 aliphatic rings. The number of carbonyl (C=O) groups excluding carboxylic acids is 1. The van der Waals surface area contributed by atoms with E-state index in [0.29, 0.717) is 27.9 Å². The first-order valence-corrected chi connectivity index (χ1v) is 7.88. The summed E-state index contributed by atoms with van der Waals surface area (Å²) < 4.78 is 5.81. The highest BCUT2D eigenvalue weighted by Crippen LogP contribution is 2.30. The van der Waals surface area contributed by atoms with Gasteiger partial charge >= 0.3 is 5.97 Å². The maximum Gasteiger partial charge on any atom is 0.307 e. The van der Waals surface area contributed by atoms with Gasteiger partial charge in [-0.15, -0.1) is 0 Å². The van der Waals surface area contributed by atoms with Crippen molar-refractivity contribution in [3.05, 3.63) is 83.4 Å². The van der Waals surface area contributed by atoms with Crippen LogP contribution in [-0.4, -0.2) is 16.9 Å². The van der Waals surface area contributed by atoms with Gasteiger partial charge in [0.05, 0.1) is 6.42 Å². The lowest BCUT2D eigenvalue weighted by atomic mass is 10.0. The minimum atomic E-state index is -0.883. The molecule has 4 heteroatoms. The van der Waals surface area contributed by atoms with Gasteiger partial charge < -0.3 is 9.52 Å². The standard InChI is InChI=1S/C21H14O4/c22-20(23)11-13-6-8-16-17-12-15(7-9-18(17)25-19(16)10-13)21(24)14-4-2-1-3-5-14/h1-10,12H,11H2,(H,22,23). The number of hydrogen-bond acceptors (Lipinski definition) is 3. The van der Waals surface area contributed by atoms with Crippen molar-refractivity contribution in [2.24, 2.45) is 0 Å². The van der Waals surface area contributed by atoms with E-state index >= 15 is 0 Å². The summed E-state index contributed by atoms with van der Waals surface area (Å²) in [5.41, 5.74) is 3.21. The second-order valence-corrected chi connectivity index (χ2v) is 5.91. The summed E-state index contributed by atoms with van der Waals surface area (Å²) in [6.07, 6.45) is -0.0509. The Kier molecular flexibility index (Phi) is 3.58. The summed E-state index contributed by atoms with van der Waals surface area (Å²) in [4.78, 5) is 23.5. The molecule has 0 aliphatic carbocycles. The van der Waals surface area contributed by atoms with Gasteiger partial charge in [-0.3, -0.25) is 9.59 Å². The lowest BCUT2D eigenvalue weighted by Gasteiger charge is -2.01. The fourth-order valence-corrected chi connectivity index (χ4v) is 3.00. The Morgan fingerprint density at radius 2 is 1.60 bits per heavy atom. The highest BCUT2D eigenvalue weighted by Gasteiger charge is 2.13. The monoisotopic (exact) mass is 330 g/mol. The highest BCUT2D eigenvalue weighted by molar-refractivity contribution is 6.13. The number of carboxylic acid groups (broad SMARTS) is 1. The molecule has 4 rings (SSSR count). The van der Waals surface area contributed by atoms with E-state index in [4.69, 9.17) is 9.52 Å². The average molecular weight is 330 g/mol. The van der Waals surface area contributed by atoms with Crippen LogP contribution >= 0.6 is 0 Å². The van der Waals surface area contributed by atoms with Crippen LogP contribution in [0, 0.1) is 0 Å². The van der Waals surface area contributed by atoms with Gasteiger partial charge in [-0.2, -0.15) is 0 Å². The first-order valence-electron chi connectivity index (χ1n) is 7.88. The molecule has 0 fully saturated rings. The molecule has 0 atom stereocenters. The molecule has 4 aromatic rings. The van der Waals surface area contributed by atoms with Crippen molar-refractivity contribution in [2.45, 2.75) is 6.42 Å². The molecule has 4 nitrogen and oxygen atoms in total. The summed E-state index contributed by atoms with van der Waals surface area (Å²) in [6.45, 7) is 0. The fourth-order valence-electron chi connectivity index (χ4n) is 3.00. The van der Waals surface area contributed by atoms with E-state index in [1.807, 2.05) is 30.3 Å². The largest absolute Gasteiger partial charge is 0.481 e. The van der Waals surface area contributed by atoms with E-state index in [1.54, 1.807) is 36.4 Å². The number of carboxylic acids is 1. The lowest BCUT2D eigenvalue weighted by molar-refractivity contribution is -0.136. The zero-order valence-electron chi connectivity index (χ0n) is 13.2. The summed E-state index contributed by atoms with van der Waals surface area (Å²) in [5.74, 6) is -0.925. The Labute approximate surface area is 143 Å². The van der Waals surface area contributed by atoms with Crippen LogP contribution in [0.1, 0.15) is 21.5 Å². The van der Waals surface area contributed by atoms with Crippen molar-refractivity contribution in [2.75, 3.05) is 0 Å². The smallest absolute Gasteiger partial charge is 0.307 e. The average Bonchev–Trinajstić information content (AvgIpc) is 2.98. The van der Waals surface area contributed by atoms with Gasteiger partial charge in [-0.25, -0.2) is 0 Å². The number of furan rings is 1. The SMILES string of the molecule is O=C(O)Cc1ccc2c(c1)oc1ccc(C(=O)c3ccccc3)cc12. The molecule has 0 saturated carbocycles. The van der Waals surface area contributed by atoms with Crippen LogP contribution in [-0.2, 0) is 11.2 Å². The fraction of sp³-hybridized carbons (Fsp3) is 0.0476. The molecule has 0 unspecified atom stereocenters. The molecule has 0 amide bonds. The second-order valence-electron chi connectivity index (χ2n) is 5.91. The highest BCUT2D eigenvalue weighted by atomic mass is 16.4. The van der Waals surface area contributed by atoms with Gasteiger partial charge in [0.15, 0.2) is 5.78 Å². The molecule has 1 N–H and O–H groups in total. The Balaban J connectivity index is 1.81. The van der Waals surface area contributed by atoms with Crippen molar-refractivity contribution in [1.82, 2.24) is 0 Å². The lowest BCUT2D eigenvalue weighted by Crippen LogP contribution is -2.00. The van der Waals surface area contributed by atoms with Crippen LogP contribution in [0.5, 0.6) is 0 Å². The van der Waals surface area contributed by atoms with Crippen molar-refractivity contribution in [3.63, 3.8) is 0 Å². The van der Waals surface area contributed by atoms with E-state index in [1.165, 1.54) is 0 Å². The zero-order chi connectivity index (χ0) is 17.4. The Hall–Kier alpha value is -3.40. The molecule has 25 heavy (non-hydrogen) atoms. The predicted molar refractivity (Wildman–Crippen MR) is 94.9 cm³/mol. The summed E-state index contributed by atoms with van der Waals surface area (Å²) in [6, 6.07) is 19.8. The maximum absolute atomic E-state index is 12.6. The predicted octanol–water partition coefficient (Wildman–Crippen LogP) is 4.44. The molecular weight excluding hydrogens is 316 g/mol. The third-order valence-corrected chi connectivity index (χ3v) is 4.19. The Morgan fingerprint density at radius 1 is 0.800 bits per heavy atom. The molecule has 3 aromatic carbocycles. The van der Waals surface area contributed by atoms with Crippen LogP contribution in [0.3, 0.4) is 0 Å². The second kappa shape index (κ2) is 5.91. The first kappa shape index (κ1) is 15.1. The minimum Gasteiger partial charge on any atom is -0.481 e. The van der Waals surface area contributed by atoms with Gasteiger partial charge in [0.1, 0.15) is 11.2 Å². The van der Waals surface area contributed by atoms with E-state index in [9.17, 15) is 9.59 Å². The number of ketones is 1. The summed E-state index contributed by atoms with van der Waals surface area (Å²) >= 11 is 0. The number of hydrogen-bond donors (Lipinski definition) is 1. The third-order valence-electron chi connectivity index (χ3n) is 4.19. The van der Waals surface area contributed by atoms with Crippen molar-refractivity contribution >= 4 is 33.7 Å². The summed E-state index contributed by atoms with van der Waals surface area (Å²) in [7, 11) is 0. The van der Waals surface area contributed by atoms with Gasteiger partial charge in [-0.05, 0) is 29.8 Å². The number of benzene rings is 3. The van der Waals surface area contributed by atoms with Gasteiger partial charge in [0.2, 0.25) is 0 Å². The Morgan fingerprint density at radius 3 is 2.36 bits per heavy atom. The normalized spacial score (nSPS) is 11.0. The molecule has 1 aromatic heterocycles. The molecule has 122 valence electrons. The Bertz CT molecular complexity index is 1110.